The molecule has 2 aromatic heterocycles. The molecule has 0 saturated heterocycles. The van der Waals surface area contributed by atoms with Crippen LogP contribution < -0.4 is 30.9 Å². The smallest absolute Gasteiger partial charge is 0.252 e. The van der Waals surface area contributed by atoms with Crippen LogP contribution in [0.1, 0.15) is 25.0 Å². The van der Waals surface area contributed by atoms with E-state index in [0.29, 0.717) is 0 Å². The Morgan fingerprint density at radius 2 is 0.636 bits per heavy atom. The van der Waals surface area contributed by atoms with Crippen LogP contribution in [-0.4, -0.2) is 15.8 Å². The van der Waals surface area contributed by atoms with Crippen molar-refractivity contribution in [3.8, 4) is 78.5 Å². The Morgan fingerprint density at radius 3 is 1.05 bits per heavy atom. The molecule has 5 nitrogen and oxygen atoms in total. The van der Waals surface area contributed by atoms with Crippen molar-refractivity contribution in [3.63, 3.8) is 0 Å². The predicted octanol–water partition coefficient (Wildman–Crippen LogP) is 22.7. The summed E-state index contributed by atoms with van der Waals surface area (Å²) in [6, 6.07) is 129. The standard InChI is InChI=1S/C93H63BN4O/c1-93(2)76-43-19-24-48-88(76)99-89-54-49-64(55-77(89)93)65-56-86-90-87(57-65)98(92-70(62-31-11-5-12-32-62)41-26-42-71(92)63-33-13-6-14-34-63)85-59-67(96-82-46-22-17-37-74(82)75-38-18-23-47-83(75)96)51-53-79(85)94(90)78-52-50-66(95-80-44-20-15-35-72(80)73-36-16-21-45-81(73)95)58-84(78)97(86)91-68(60-27-7-3-8-28-60)39-25-40-69(91)61-29-9-4-10-30-61/h3-59H,1-2H3. The topological polar surface area (TPSA) is 25.6 Å². The molecule has 0 N–H and O–H groups in total. The fourth-order valence-corrected chi connectivity index (χ4v) is 16.9. The van der Waals surface area contributed by atoms with Crippen molar-refractivity contribution in [1.82, 2.24) is 9.13 Å². The quantitative estimate of drug-likeness (QED) is 0.135. The van der Waals surface area contributed by atoms with Crippen LogP contribution in [0, 0.1) is 0 Å². The first-order valence-electron chi connectivity index (χ1n) is 34.3. The van der Waals surface area contributed by atoms with E-state index in [1.54, 1.807) is 0 Å². The number of nitrogens with zero attached hydrogens (tertiary/aromatic N) is 4. The fourth-order valence-electron chi connectivity index (χ4n) is 16.9. The maximum Gasteiger partial charge on any atom is 0.252 e. The van der Waals surface area contributed by atoms with Gasteiger partial charge in [-0.1, -0.05) is 281 Å². The van der Waals surface area contributed by atoms with Crippen LogP contribution in [0.5, 0.6) is 11.5 Å². The predicted molar refractivity (Wildman–Crippen MR) is 415 cm³/mol. The van der Waals surface area contributed by atoms with Gasteiger partial charge in [-0.3, -0.25) is 0 Å². The highest BCUT2D eigenvalue weighted by atomic mass is 16.5. The van der Waals surface area contributed by atoms with Crippen molar-refractivity contribution >= 4 is 101 Å². The van der Waals surface area contributed by atoms with Crippen molar-refractivity contribution in [1.29, 1.82) is 0 Å². The molecule has 0 bridgehead atoms. The Morgan fingerprint density at radius 1 is 0.273 bits per heavy atom. The molecule has 6 heteroatoms. The molecule has 0 saturated carbocycles. The zero-order valence-corrected chi connectivity index (χ0v) is 54.7. The van der Waals surface area contributed by atoms with E-state index in [9.17, 15) is 0 Å². The van der Waals surface area contributed by atoms with Gasteiger partial charge in [-0.2, -0.15) is 0 Å². The van der Waals surface area contributed by atoms with E-state index in [1.165, 1.54) is 43.5 Å². The highest BCUT2D eigenvalue weighted by molar-refractivity contribution is 7.00. The minimum Gasteiger partial charge on any atom is -0.457 e. The molecule has 3 aliphatic heterocycles. The lowest BCUT2D eigenvalue weighted by Gasteiger charge is -2.46. The van der Waals surface area contributed by atoms with E-state index in [2.05, 4.69) is 379 Å². The molecule has 99 heavy (non-hydrogen) atoms. The van der Waals surface area contributed by atoms with E-state index in [-0.39, 0.29) is 12.1 Å². The molecule has 3 aliphatic rings. The van der Waals surface area contributed by atoms with Gasteiger partial charge < -0.3 is 23.7 Å². The summed E-state index contributed by atoms with van der Waals surface area (Å²) in [5.41, 5.74) is 30.1. The molecule has 15 aromatic carbocycles. The lowest BCUT2D eigenvalue weighted by molar-refractivity contribution is 0.418. The molecule has 0 spiro atoms. The molecule has 0 unspecified atom stereocenters. The van der Waals surface area contributed by atoms with Gasteiger partial charge in [0.05, 0.1) is 33.4 Å². The van der Waals surface area contributed by atoms with Crippen LogP contribution in [0.4, 0.5) is 34.1 Å². The summed E-state index contributed by atoms with van der Waals surface area (Å²) < 4.78 is 11.8. The summed E-state index contributed by atoms with van der Waals surface area (Å²) >= 11 is 0. The van der Waals surface area contributed by atoms with Crippen LogP contribution in [-0.2, 0) is 5.41 Å². The highest BCUT2D eigenvalue weighted by Gasteiger charge is 2.46. The molecule has 0 atom stereocenters. The van der Waals surface area contributed by atoms with Crippen molar-refractivity contribution in [2.75, 3.05) is 9.80 Å². The third-order valence-electron chi connectivity index (χ3n) is 21.3. The van der Waals surface area contributed by atoms with E-state index < -0.39 is 0 Å². The van der Waals surface area contributed by atoms with Crippen molar-refractivity contribution < 1.29 is 4.74 Å². The number of fused-ring (bicyclic) bond motifs is 12. The second-order valence-corrected chi connectivity index (χ2v) is 27.1. The number of rotatable bonds is 9. The molecule has 0 aliphatic carbocycles. The molecule has 17 aromatic rings. The summed E-state index contributed by atoms with van der Waals surface area (Å²) in [6.45, 7) is 4.42. The van der Waals surface area contributed by atoms with Crippen LogP contribution in [0.2, 0.25) is 0 Å². The number of ether oxygens (including phenoxy) is 1. The average molecular weight is 1260 g/mol. The van der Waals surface area contributed by atoms with E-state index in [4.69, 9.17) is 4.74 Å². The van der Waals surface area contributed by atoms with Crippen LogP contribution in [0.25, 0.3) is 111 Å². The summed E-state index contributed by atoms with van der Waals surface area (Å²) in [4.78, 5) is 5.35. The second-order valence-electron chi connectivity index (χ2n) is 27.1. The summed E-state index contributed by atoms with van der Waals surface area (Å²) in [6.07, 6.45) is 0. The van der Waals surface area contributed by atoms with Gasteiger partial charge in [-0.15, -0.1) is 0 Å². The molecule has 0 fully saturated rings. The van der Waals surface area contributed by atoms with Gasteiger partial charge in [0.15, 0.2) is 0 Å². The molecule has 0 amide bonds. The molecule has 464 valence electrons. The van der Waals surface area contributed by atoms with Crippen molar-refractivity contribution in [3.05, 3.63) is 357 Å². The number of benzene rings is 15. The van der Waals surface area contributed by atoms with E-state index >= 15 is 0 Å². The zero-order valence-electron chi connectivity index (χ0n) is 54.7. The Labute approximate surface area is 575 Å². The van der Waals surface area contributed by atoms with Crippen LogP contribution in [0.3, 0.4) is 0 Å². The van der Waals surface area contributed by atoms with Gasteiger partial charge in [-0.05, 0) is 129 Å². The average Bonchev–Trinajstić information content (AvgIpc) is 1.08. The normalized spacial score (nSPS) is 13.3. The van der Waals surface area contributed by atoms with Crippen molar-refractivity contribution in [2.24, 2.45) is 0 Å². The minimum atomic E-state index is -0.380. The monoisotopic (exact) mass is 1260 g/mol. The maximum atomic E-state index is 6.88. The van der Waals surface area contributed by atoms with Gasteiger partial charge in [0.25, 0.3) is 6.71 Å². The van der Waals surface area contributed by atoms with Gasteiger partial charge in [-0.25, -0.2) is 0 Å². The van der Waals surface area contributed by atoms with Gasteiger partial charge in [0.2, 0.25) is 0 Å². The largest absolute Gasteiger partial charge is 0.457 e. The van der Waals surface area contributed by atoms with Gasteiger partial charge in [0, 0.05) is 94.5 Å². The Kier molecular flexibility index (Phi) is 12.7. The molecular formula is C93H63BN4O. The maximum absolute atomic E-state index is 6.88. The summed E-state index contributed by atoms with van der Waals surface area (Å²) in [7, 11) is 0. The van der Waals surface area contributed by atoms with Crippen LogP contribution in [0.15, 0.2) is 346 Å². The minimum absolute atomic E-state index is 0.263. The molecule has 20 rings (SSSR count). The lowest BCUT2D eigenvalue weighted by atomic mass is 9.33. The number of hydrogen-bond donors (Lipinski definition) is 0. The number of aromatic nitrogens is 2. The number of para-hydroxylation sites is 7. The molecule has 0 radical (unpaired) electrons. The Hall–Kier alpha value is -12.6. The third-order valence-corrected chi connectivity index (χ3v) is 21.3. The molecular weight excluding hydrogens is 1200 g/mol. The Balaban J connectivity index is 0.966. The Bertz CT molecular complexity index is 5590. The number of anilines is 6. The lowest BCUT2D eigenvalue weighted by Crippen LogP contribution is -2.61. The summed E-state index contributed by atoms with van der Waals surface area (Å²) in [5.74, 6) is 1.77. The fraction of sp³-hybridized carbons (Fsp3) is 0.0323. The zero-order chi connectivity index (χ0) is 65.5. The number of hydrogen-bond acceptors (Lipinski definition) is 3. The van der Waals surface area contributed by atoms with Gasteiger partial charge >= 0.3 is 0 Å². The van der Waals surface area contributed by atoms with Crippen LogP contribution >= 0.6 is 0 Å². The first-order chi connectivity index (χ1) is 48.9. The van der Waals surface area contributed by atoms with Gasteiger partial charge in [0.1, 0.15) is 11.5 Å². The summed E-state index contributed by atoms with van der Waals surface area (Å²) in [5, 5.41) is 4.87. The first-order valence-corrected chi connectivity index (χ1v) is 34.3. The van der Waals surface area contributed by atoms with Crippen molar-refractivity contribution in [2.45, 2.75) is 19.3 Å². The first kappa shape index (κ1) is 56.7. The third kappa shape index (κ3) is 8.68. The highest BCUT2D eigenvalue weighted by Crippen LogP contribution is 2.56. The van der Waals surface area contributed by atoms with E-state index in [1.807, 2.05) is 0 Å². The van der Waals surface area contributed by atoms with E-state index in [0.717, 1.165) is 140 Å². The molecule has 5 heterocycles. The second kappa shape index (κ2) is 22.2. The SMILES string of the molecule is CC1(C)c2ccccc2Oc2ccc(-c3cc4c5c(c3)N(c3c(-c6ccccc6)cccc3-c3ccccc3)c3cc(-n6c7ccccc7c7ccccc76)ccc3B5c3ccc(-n5c6ccccc6c6ccccc65)cc3N4c3c(-c4ccccc4)cccc3-c3ccccc3)cc21.